The second-order valence-electron chi connectivity index (χ2n) is 5.25. The predicted octanol–water partition coefficient (Wildman–Crippen LogP) is 2.72. The first-order valence-corrected chi connectivity index (χ1v) is 7.16. The maximum absolute atomic E-state index is 12.4. The van der Waals surface area contributed by atoms with Crippen LogP contribution < -0.4 is 9.80 Å². The number of hydrogen-bond acceptors (Lipinski definition) is 3. The van der Waals surface area contributed by atoms with Gasteiger partial charge in [0.15, 0.2) is 0 Å². The summed E-state index contributed by atoms with van der Waals surface area (Å²) in [5, 5.41) is 1.55. The van der Waals surface area contributed by atoms with Gasteiger partial charge in [0.2, 0.25) is 11.8 Å². The van der Waals surface area contributed by atoms with Crippen LogP contribution in [0.3, 0.4) is 0 Å². The van der Waals surface area contributed by atoms with Crippen LogP contribution in [0.4, 0.5) is 11.4 Å². The number of nitrogens with zero attached hydrogens (tertiary/aromatic N) is 2. The van der Waals surface area contributed by atoms with Gasteiger partial charge in [-0.25, -0.2) is 0 Å². The van der Waals surface area contributed by atoms with Crippen molar-refractivity contribution in [1.82, 2.24) is 0 Å². The second-order valence-corrected chi connectivity index (χ2v) is 5.25. The van der Waals surface area contributed by atoms with E-state index in [1.54, 1.807) is 29.2 Å². The Labute approximate surface area is 128 Å². The van der Waals surface area contributed by atoms with Crippen molar-refractivity contribution in [2.24, 2.45) is 0 Å². The molecule has 5 nitrogen and oxygen atoms in total. The van der Waals surface area contributed by atoms with Gasteiger partial charge in [0.25, 0.3) is 5.91 Å². The van der Waals surface area contributed by atoms with Crippen molar-refractivity contribution >= 4 is 39.9 Å². The van der Waals surface area contributed by atoms with E-state index in [1.165, 1.54) is 13.8 Å². The topological polar surface area (TPSA) is 57.7 Å². The zero-order valence-corrected chi connectivity index (χ0v) is 12.7. The molecule has 22 heavy (non-hydrogen) atoms. The van der Waals surface area contributed by atoms with Crippen molar-refractivity contribution in [2.45, 2.75) is 20.8 Å². The average Bonchev–Trinajstić information content (AvgIpc) is 2.75. The highest BCUT2D eigenvalue weighted by Crippen LogP contribution is 2.41. The van der Waals surface area contributed by atoms with Crippen LogP contribution in [-0.4, -0.2) is 24.3 Å². The Morgan fingerprint density at radius 2 is 1.77 bits per heavy atom. The molecule has 0 atom stereocenters. The van der Waals surface area contributed by atoms with Gasteiger partial charge in [-0.15, -0.1) is 0 Å². The van der Waals surface area contributed by atoms with Gasteiger partial charge in [0, 0.05) is 36.7 Å². The van der Waals surface area contributed by atoms with E-state index >= 15 is 0 Å². The number of hydrogen-bond donors (Lipinski definition) is 0. The standard InChI is InChI=1S/C17H16N2O3/c1-4-18-15-9-8-14(19(10(2)20)11(3)21)12-6-5-7-13(16(12)15)17(18)22/h5-9H,4H2,1-3H3. The molecular formula is C17H16N2O3. The van der Waals surface area contributed by atoms with Crippen molar-refractivity contribution in [1.29, 1.82) is 0 Å². The van der Waals surface area contributed by atoms with E-state index in [4.69, 9.17) is 0 Å². The van der Waals surface area contributed by atoms with Gasteiger partial charge in [-0.2, -0.15) is 0 Å². The lowest BCUT2D eigenvalue weighted by Gasteiger charge is -2.20. The van der Waals surface area contributed by atoms with E-state index in [9.17, 15) is 14.4 Å². The first-order chi connectivity index (χ1) is 10.5. The first-order valence-electron chi connectivity index (χ1n) is 7.16. The fourth-order valence-corrected chi connectivity index (χ4v) is 3.10. The van der Waals surface area contributed by atoms with Crippen LogP contribution in [0.2, 0.25) is 0 Å². The van der Waals surface area contributed by atoms with Crippen LogP contribution >= 0.6 is 0 Å². The molecule has 0 unspecified atom stereocenters. The number of anilines is 2. The predicted molar refractivity (Wildman–Crippen MR) is 85.1 cm³/mol. The number of imide groups is 1. The van der Waals surface area contributed by atoms with Crippen LogP contribution in [0.25, 0.3) is 10.8 Å². The Hall–Kier alpha value is -2.69. The molecule has 2 aromatic carbocycles. The summed E-state index contributed by atoms with van der Waals surface area (Å²) >= 11 is 0. The van der Waals surface area contributed by atoms with E-state index in [2.05, 4.69) is 0 Å². The monoisotopic (exact) mass is 296 g/mol. The maximum Gasteiger partial charge on any atom is 0.258 e. The molecule has 1 heterocycles. The van der Waals surface area contributed by atoms with E-state index < -0.39 is 0 Å². The summed E-state index contributed by atoms with van der Waals surface area (Å²) < 4.78 is 0. The Morgan fingerprint density at radius 3 is 2.36 bits per heavy atom. The van der Waals surface area contributed by atoms with Gasteiger partial charge in [-0.3, -0.25) is 19.3 Å². The van der Waals surface area contributed by atoms with Crippen molar-refractivity contribution < 1.29 is 14.4 Å². The molecule has 1 aliphatic heterocycles. The molecule has 0 spiro atoms. The molecule has 3 amide bonds. The summed E-state index contributed by atoms with van der Waals surface area (Å²) in [6, 6.07) is 8.92. The zero-order valence-electron chi connectivity index (χ0n) is 12.7. The van der Waals surface area contributed by atoms with Crippen LogP contribution in [0.1, 0.15) is 31.1 Å². The highest BCUT2D eigenvalue weighted by Gasteiger charge is 2.30. The van der Waals surface area contributed by atoms with Crippen molar-refractivity contribution in [3.63, 3.8) is 0 Å². The second kappa shape index (κ2) is 4.94. The van der Waals surface area contributed by atoms with Gasteiger partial charge >= 0.3 is 0 Å². The summed E-state index contributed by atoms with van der Waals surface area (Å²) in [4.78, 5) is 38.9. The van der Waals surface area contributed by atoms with Gasteiger partial charge in [0.05, 0.1) is 11.4 Å². The minimum atomic E-state index is -0.343. The molecule has 5 heteroatoms. The molecule has 0 fully saturated rings. The van der Waals surface area contributed by atoms with Crippen LogP contribution in [0.15, 0.2) is 30.3 Å². The van der Waals surface area contributed by atoms with Gasteiger partial charge in [-0.1, -0.05) is 12.1 Å². The normalized spacial score (nSPS) is 12.9. The average molecular weight is 296 g/mol. The lowest BCUT2D eigenvalue weighted by Crippen LogP contribution is -2.33. The molecule has 0 saturated carbocycles. The van der Waals surface area contributed by atoms with Crippen LogP contribution in [0, 0.1) is 0 Å². The molecule has 0 N–H and O–H groups in total. The van der Waals surface area contributed by atoms with Crippen LogP contribution in [0.5, 0.6) is 0 Å². The molecule has 112 valence electrons. The molecule has 2 aromatic rings. The van der Waals surface area contributed by atoms with Crippen molar-refractivity contribution in [3.8, 4) is 0 Å². The number of benzene rings is 2. The third-order valence-corrected chi connectivity index (χ3v) is 3.95. The lowest BCUT2D eigenvalue weighted by molar-refractivity contribution is -0.124. The summed E-state index contributed by atoms with van der Waals surface area (Å²) in [5.74, 6) is -0.729. The minimum Gasteiger partial charge on any atom is -0.308 e. The molecule has 3 rings (SSSR count). The van der Waals surface area contributed by atoms with E-state index in [1.807, 2.05) is 13.0 Å². The third-order valence-electron chi connectivity index (χ3n) is 3.95. The summed E-state index contributed by atoms with van der Waals surface area (Å²) in [6.45, 7) is 5.20. The van der Waals surface area contributed by atoms with E-state index in [-0.39, 0.29) is 17.7 Å². The number of rotatable bonds is 2. The highest BCUT2D eigenvalue weighted by molar-refractivity contribution is 6.28. The SMILES string of the molecule is CCN1C(=O)c2cccc3c(N(C(C)=O)C(C)=O)ccc1c23. The Morgan fingerprint density at radius 1 is 1.09 bits per heavy atom. The fraction of sp³-hybridized carbons (Fsp3) is 0.235. The highest BCUT2D eigenvalue weighted by atomic mass is 16.2. The maximum atomic E-state index is 12.4. The summed E-state index contributed by atoms with van der Waals surface area (Å²) in [7, 11) is 0. The minimum absolute atomic E-state index is 0.0440. The van der Waals surface area contributed by atoms with Gasteiger partial charge in [0.1, 0.15) is 0 Å². The van der Waals surface area contributed by atoms with Crippen molar-refractivity contribution in [3.05, 3.63) is 35.9 Å². The number of carbonyl (C=O) groups excluding carboxylic acids is 3. The lowest BCUT2D eigenvalue weighted by atomic mass is 10.0. The van der Waals surface area contributed by atoms with E-state index in [0.717, 1.165) is 21.4 Å². The molecular weight excluding hydrogens is 280 g/mol. The van der Waals surface area contributed by atoms with Crippen molar-refractivity contribution in [2.75, 3.05) is 16.3 Å². The summed E-state index contributed by atoms with van der Waals surface area (Å²) in [6.07, 6.45) is 0. The number of carbonyl (C=O) groups is 3. The molecule has 0 bridgehead atoms. The molecule has 1 aliphatic rings. The Kier molecular flexibility index (Phi) is 3.20. The Bertz CT molecular complexity index is 812. The quantitative estimate of drug-likeness (QED) is 0.856. The van der Waals surface area contributed by atoms with E-state index in [0.29, 0.717) is 17.8 Å². The smallest absolute Gasteiger partial charge is 0.258 e. The first kappa shape index (κ1) is 14.3. The largest absolute Gasteiger partial charge is 0.308 e. The zero-order chi connectivity index (χ0) is 16.0. The fourth-order valence-electron chi connectivity index (χ4n) is 3.10. The van der Waals surface area contributed by atoms with Gasteiger partial charge in [-0.05, 0) is 25.1 Å². The summed E-state index contributed by atoms with van der Waals surface area (Å²) in [5.41, 5.74) is 1.96. The Balaban J connectivity index is 2.34. The molecule has 0 radical (unpaired) electrons. The molecule has 0 aliphatic carbocycles. The molecule has 0 aromatic heterocycles. The van der Waals surface area contributed by atoms with Gasteiger partial charge < -0.3 is 4.90 Å². The third kappa shape index (κ3) is 1.82. The van der Waals surface area contributed by atoms with Crippen LogP contribution in [-0.2, 0) is 9.59 Å². The molecule has 0 saturated heterocycles. The number of amides is 3.